The van der Waals surface area contributed by atoms with Gasteiger partial charge < -0.3 is 0 Å². The van der Waals surface area contributed by atoms with E-state index < -0.39 is 6.04 Å². The van der Waals surface area contributed by atoms with E-state index in [0.29, 0.717) is 10.0 Å². The lowest BCUT2D eigenvalue weighted by Crippen LogP contribution is -2.26. The van der Waals surface area contributed by atoms with Gasteiger partial charge in [-0.05, 0) is 17.4 Å². The van der Waals surface area contributed by atoms with Gasteiger partial charge in [0.15, 0.2) is 0 Å². The quantitative estimate of drug-likeness (QED) is 0.606. The number of rotatable bonds is 3. The molecule has 0 atom stereocenters. The molecule has 0 heterocycles. The molecule has 0 saturated carbocycles. The van der Waals surface area contributed by atoms with Crippen LogP contribution in [0, 0.1) is 0 Å². The lowest BCUT2D eigenvalue weighted by atomic mass is 10.3. The molecule has 0 N–H and O–H groups in total. The average molecular weight is 363 g/mol. The summed E-state index contributed by atoms with van der Waals surface area (Å²) in [6.45, 7) is 0. The topological polar surface area (TPSA) is 0 Å². The van der Waals surface area contributed by atoms with Gasteiger partial charge in [0.05, 0.1) is 0 Å². The molecule has 0 aliphatic heterocycles. The van der Waals surface area contributed by atoms with Gasteiger partial charge in [-0.25, -0.2) is 0 Å². The van der Waals surface area contributed by atoms with Crippen molar-refractivity contribution < 1.29 is 0 Å². The van der Waals surface area contributed by atoms with E-state index in [2.05, 4.69) is 12.1 Å². The Morgan fingerprint density at radius 3 is 1.45 bits per heavy atom. The molecule has 0 radical (unpaired) electrons. The Morgan fingerprint density at radius 2 is 1.00 bits per heavy atom. The van der Waals surface area contributed by atoms with Gasteiger partial charge in [0.25, 0.3) is 0 Å². The van der Waals surface area contributed by atoms with Crippen molar-refractivity contribution in [3.05, 3.63) is 88.9 Å². The highest BCUT2D eigenvalue weighted by Crippen LogP contribution is 2.46. The van der Waals surface area contributed by atoms with Crippen molar-refractivity contribution in [3.63, 3.8) is 0 Å². The van der Waals surface area contributed by atoms with Crippen molar-refractivity contribution in [1.82, 2.24) is 0 Å². The summed E-state index contributed by atoms with van der Waals surface area (Å²) in [6.07, 6.45) is 0. The van der Waals surface area contributed by atoms with E-state index in [0.717, 1.165) is 15.9 Å². The predicted octanol–water partition coefficient (Wildman–Crippen LogP) is 4.75. The number of halogens is 2. The second-order valence-electron chi connectivity index (χ2n) is 4.85. The van der Waals surface area contributed by atoms with Crippen LogP contribution in [-0.4, -0.2) is 0 Å². The molecule has 3 rings (SSSR count). The molecule has 0 aromatic heterocycles. The third-order valence-corrected chi connectivity index (χ3v) is 9.40. The van der Waals surface area contributed by atoms with E-state index in [4.69, 9.17) is 35.0 Å². The lowest BCUT2D eigenvalue weighted by Gasteiger charge is -2.25. The molecule has 22 heavy (non-hydrogen) atoms. The summed E-state index contributed by atoms with van der Waals surface area (Å²) in [5.41, 5.74) is 0. The summed E-state index contributed by atoms with van der Waals surface area (Å²) < 4.78 is 0. The Balaban J connectivity index is 2.37. The molecule has 0 amide bonds. The van der Waals surface area contributed by atoms with Gasteiger partial charge in [-0.3, -0.25) is 0 Å². The number of benzene rings is 3. The fourth-order valence-corrected chi connectivity index (χ4v) is 7.86. The maximum absolute atomic E-state index is 6.48. The van der Waals surface area contributed by atoms with Gasteiger partial charge >= 0.3 is 0 Å². The van der Waals surface area contributed by atoms with Crippen LogP contribution in [0.1, 0.15) is 0 Å². The van der Waals surface area contributed by atoms with Gasteiger partial charge in [-0.1, -0.05) is 102 Å². The molecule has 0 fully saturated rings. The van der Waals surface area contributed by atoms with Crippen LogP contribution in [0.3, 0.4) is 0 Å². The van der Waals surface area contributed by atoms with Crippen molar-refractivity contribution in [3.8, 4) is 0 Å². The third kappa shape index (κ3) is 2.75. The lowest BCUT2D eigenvalue weighted by molar-refractivity contribution is 1.73. The smallest absolute Gasteiger partial charge is 0.0496 e. The van der Waals surface area contributed by atoms with Crippen LogP contribution >= 0.6 is 29.2 Å². The molecular weight excluding hydrogens is 350 g/mol. The molecule has 0 aliphatic rings. The summed E-state index contributed by atoms with van der Waals surface area (Å²) in [4.78, 5) is 0. The maximum Gasteiger partial charge on any atom is 0.0496 e. The van der Waals surface area contributed by atoms with Crippen LogP contribution in [-0.2, 0) is 11.8 Å². The molecule has 0 aliphatic carbocycles. The minimum atomic E-state index is -2.28. The largest absolute Gasteiger partial charge is 0.0836 e. The van der Waals surface area contributed by atoms with Crippen molar-refractivity contribution >= 4 is 57.0 Å². The Morgan fingerprint density at radius 1 is 0.591 bits per heavy atom. The highest BCUT2D eigenvalue weighted by atomic mass is 35.5. The highest BCUT2D eigenvalue weighted by Gasteiger charge is 2.28. The first-order chi connectivity index (χ1) is 10.6. The molecule has 0 unspecified atom stereocenters. The molecule has 0 saturated heterocycles. The number of hydrogen-bond donors (Lipinski definition) is 0. The van der Waals surface area contributed by atoms with Crippen LogP contribution in [0.4, 0.5) is 0 Å². The summed E-state index contributed by atoms with van der Waals surface area (Å²) in [5.74, 6) is 0. The second kappa shape index (κ2) is 6.56. The first-order valence-corrected chi connectivity index (χ1v) is 10.4. The van der Waals surface area contributed by atoms with Gasteiger partial charge in [-0.15, -0.1) is 0 Å². The molecule has 0 nitrogen and oxygen atoms in total. The maximum atomic E-state index is 6.48. The van der Waals surface area contributed by atoms with Crippen molar-refractivity contribution in [2.24, 2.45) is 0 Å². The molecule has 110 valence electrons. The second-order valence-corrected chi connectivity index (χ2v) is 10.0. The Bertz CT molecular complexity index is 797. The summed E-state index contributed by atoms with van der Waals surface area (Å²) in [7, 11) is 0. The minimum absolute atomic E-state index is 0.689. The average Bonchev–Trinajstić information content (AvgIpc) is 2.56. The first kappa shape index (κ1) is 15.8. The van der Waals surface area contributed by atoms with Gasteiger partial charge in [0.1, 0.15) is 0 Å². The Kier molecular flexibility index (Phi) is 4.70. The summed E-state index contributed by atoms with van der Waals surface area (Å²) >= 11 is 19.2. The SMILES string of the molecule is S=P(c1ccccc1)(c1ccccc1Cl)c1ccccc1Cl. The summed E-state index contributed by atoms with van der Waals surface area (Å²) in [6, 6.07) is 23.4. The molecule has 3 aromatic rings. The van der Waals surface area contributed by atoms with E-state index in [-0.39, 0.29) is 0 Å². The van der Waals surface area contributed by atoms with E-state index >= 15 is 0 Å². The zero-order valence-electron chi connectivity index (χ0n) is 11.6. The third-order valence-electron chi connectivity index (χ3n) is 3.50. The standard InChI is InChI=1S/C18H13Cl2PS/c19-15-10-4-6-12-17(15)21(22,14-8-2-1-3-9-14)18-13-7-5-11-16(18)20/h1-13H. The molecule has 4 heteroatoms. The van der Waals surface area contributed by atoms with Crippen LogP contribution in [0.5, 0.6) is 0 Å². The van der Waals surface area contributed by atoms with E-state index in [1.165, 1.54) is 0 Å². The van der Waals surface area contributed by atoms with Crippen LogP contribution in [0.15, 0.2) is 78.9 Å². The van der Waals surface area contributed by atoms with Gasteiger partial charge in [-0.2, -0.15) is 0 Å². The monoisotopic (exact) mass is 362 g/mol. The van der Waals surface area contributed by atoms with Crippen molar-refractivity contribution in [2.45, 2.75) is 0 Å². The summed E-state index contributed by atoms with van der Waals surface area (Å²) in [5, 5.41) is 4.42. The zero-order valence-corrected chi connectivity index (χ0v) is 14.8. The van der Waals surface area contributed by atoms with Gasteiger partial charge in [0, 0.05) is 26.7 Å². The molecule has 0 bridgehead atoms. The minimum Gasteiger partial charge on any atom is -0.0836 e. The molecular formula is C18H13Cl2PS. The predicted molar refractivity (Wildman–Crippen MR) is 103 cm³/mol. The van der Waals surface area contributed by atoms with E-state index in [9.17, 15) is 0 Å². The van der Waals surface area contributed by atoms with Crippen LogP contribution < -0.4 is 15.9 Å². The fraction of sp³-hybridized carbons (Fsp3) is 0. The van der Waals surface area contributed by atoms with Crippen molar-refractivity contribution in [2.75, 3.05) is 0 Å². The van der Waals surface area contributed by atoms with Crippen molar-refractivity contribution in [1.29, 1.82) is 0 Å². The molecule has 3 aromatic carbocycles. The Labute approximate surface area is 145 Å². The van der Waals surface area contributed by atoms with Gasteiger partial charge in [0.2, 0.25) is 0 Å². The fourth-order valence-electron chi connectivity index (χ4n) is 2.46. The first-order valence-electron chi connectivity index (χ1n) is 6.80. The van der Waals surface area contributed by atoms with E-state index in [1.54, 1.807) is 0 Å². The Hall–Kier alpha value is -1.11. The van der Waals surface area contributed by atoms with E-state index in [1.807, 2.05) is 66.7 Å². The number of hydrogen-bond acceptors (Lipinski definition) is 1. The molecule has 0 spiro atoms. The normalized spacial score (nSPS) is 11.4. The van der Waals surface area contributed by atoms with Crippen LogP contribution in [0.25, 0.3) is 0 Å². The highest BCUT2D eigenvalue weighted by molar-refractivity contribution is 8.25. The van der Waals surface area contributed by atoms with Crippen LogP contribution in [0.2, 0.25) is 10.0 Å². The zero-order chi connectivity index (χ0) is 15.6.